The van der Waals surface area contributed by atoms with Crippen molar-refractivity contribution in [1.29, 1.82) is 5.26 Å². The average Bonchev–Trinajstić information content (AvgIpc) is 3.29. The minimum Gasteiger partial charge on any atom is -0.496 e. The van der Waals surface area contributed by atoms with Crippen molar-refractivity contribution < 1.29 is 14.3 Å². The van der Waals surface area contributed by atoms with E-state index in [4.69, 9.17) is 26.3 Å². The summed E-state index contributed by atoms with van der Waals surface area (Å²) in [5, 5.41) is 9.53. The molecule has 1 aliphatic rings. The van der Waals surface area contributed by atoms with Crippen LogP contribution in [0.1, 0.15) is 22.4 Å². The molecule has 0 saturated carbocycles. The van der Waals surface area contributed by atoms with Gasteiger partial charge in [0.2, 0.25) is 0 Å². The van der Waals surface area contributed by atoms with Crippen molar-refractivity contribution in [3.8, 4) is 11.8 Å². The molecule has 34 heavy (non-hydrogen) atoms. The van der Waals surface area contributed by atoms with Gasteiger partial charge in [0.15, 0.2) is 0 Å². The Balaban J connectivity index is 1.27. The first-order chi connectivity index (χ1) is 16.6. The average molecular weight is 480 g/mol. The predicted octanol–water partition coefficient (Wildman–Crippen LogP) is 3.92. The molecular formula is C25H26ClN5O3. The second kappa shape index (κ2) is 11.1. The zero-order valence-corrected chi connectivity index (χ0v) is 19.7. The fourth-order valence-electron chi connectivity index (χ4n) is 3.91. The number of aromatic nitrogens is 2. The molecule has 0 aliphatic carbocycles. The maximum absolute atomic E-state index is 12.6. The molecular weight excluding hydrogens is 454 g/mol. The van der Waals surface area contributed by atoms with Crippen LogP contribution in [0.5, 0.6) is 5.75 Å². The Morgan fingerprint density at radius 1 is 1.12 bits per heavy atom. The standard InChI is InChI=1S/C25H26ClN5O3/c1-33-24-7-6-22(26)12-21(24)17-34-25(32)30-10-8-29(9-11-30)16-23-14-28-18-31(23)15-20-4-2-19(13-27)3-5-20/h2-7,12,14,18H,8-11,15-17H2,1H3. The number of imidazole rings is 1. The first-order valence-corrected chi connectivity index (χ1v) is 11.4. The molecule has 0 atom stereocenters. The van der Waals surface area contributed by atoms with Crippen molar-refractivity contribution in [2.24, 2.45) is 0 Å². The van der Waals surface area contributed by atoms with Crippen LogP contribution in [0.25, 0.3) is 0 Å². The van der Waals surface area contributed by atoms with Gasteiger partial charge in [-0.25, -0.2) is 9.78 Å². The fraction of sp³-hybridized carbons (Fsp3) is 0.320. The first kappa shape index (κ1) is 23.6. The van der Waals surface area contributed by atoms with Crippen molar-refractivity contribution in [1.82, 2.24) is 19.4 Å². The minimum absolute atomic E-state index is 0.108. The highest BCUT2D eigenvalue weighted by molar-refractivity contribution is 6.30. The second-order valence-corrected chi connectivity index (χ2v) is 8.53. The molecule has 8 nitrogen and oxygen atoms in total. The number of piperazine rings is 1. The van der Waals surface area contributed by atoms with Crippen LogP contribution in [0.2, 0.25) is 5.02 Å². The van der Waals surface area contributed by atoms with Crippen LogP contribution in [0, 0.1) is 11.3 Å². The van der Waals surface area contributed by atoms with E-state index in [0.29, 0.717) is 36.0 Å². The number of ether oxygens (including phenoxy) is 2. The van der Waals surface area contributed by atoms with Crippen LogP contribution in [0.4, 0.5) is 4.79 Å². The summed E-state index contributed by atoms with van der Waals surface area (Å²) in [6, 6.07) is 15.0. The van der Waals surface area contributed by atoms with Gasteiger partial charge in [-0.2, -0.15) is 5.26 Å². The van der Waals surface area contributed by atoms with E-state index in [-0.39, 0.29) is 12.7 Å². The van der Waals surface area contributed by atoms with Gasteiger partial charge in [-0.3, -0.25) is 4.90 Å². The van der Waals surface area contributed by atoms with Crippen molar-refractivity contribution >= 4 is 17.7 Å². The molecule has 9 heteroatoms. The van der Waals surface area contributed by atoms with Gasteiger partial charge in [0.1, 0.15) is 12.4 Å². The summed E-state index contributed by atoms with van der Waals surface area (Å²) < 4.78 is 12.9. The highest BCUT2D eigenvalue weighted by atomic mass is 35.5. The van der Waals surface area contributed by atoms with Crippen molar-refractivity contribution in [3.63, 3.8) is 0 Å². The Bertz CT molecular complexity index is 1160. The Morgan fingerprint density at radius 2 is 1.88 bits per heavy atom. The van der Waals surface area contributed by atoms with Gasteiger partial charge >= 0.3 is 6.09 Å². The highest BCUT2D eigenvalue weighted by Gasteiger charge is 2.23. The number of nitrogens with zero attached hydrogens (tertiary/aromatic N) is 5. The molecule has 1 fully saturated rings. The first-order valence-electron chi connectivity index (χ1n) is 11.0. The zero-order valence-electron chi connectivity index (χ0n) is 19.0. The zero-order chi connectivity index (χ0) is 23.9. The van der Waals surface area contributed by atoms with E-state index >= 15 is 0 Å². The quantitative estimate of drug-likeness (QED) is 0.510. The number of halogens is 1. The molecule has 4 rings (SSSR count). The third kappa shape index (κ3) is 5.87. The van der Waals surface area contributed by atoms with E-state index in [0.717, 1.165) is 36.5 Å². The van der Waals surface area contributed by atoms with E-state index in [1.54, 1.807) is 30.2 Å². The number of amides is 1. The summed E-state index contributed by atoms with van der Waals surface area (Å²) in [4.78, 5) is 20.9. The molecule has 1 aliphatic heterocycles. The van der Waals surface area contributed by atoms with E-state index in [1.165, 1.54) is 0 Å². The van der Waals surface area contributed by atoms with Gasteiger partial charge in [0.25, 0.3) is 0 Å². The summed E-state index contributed by atoms with van der Waals surface area (Å²) in [5.41, 5.74) is 3.60. The molecule has 0 N–H and O–H groups in total. The molecule has 0 spiro atoms. The van der Waals surface area contributed by atoms with Gasteiger partial charge in [-0.05, 0) is 35.9 Å². The molecule has 0 unspecified atom stereocenters. The lowest BCUT2D eigenvalue weighted by Gasteiger charge is -2.34. The smallest absolute Gasteiger partial charge is 0.410 e. The van der Waals surface area contributed by atoms with E-state index in [9.17, 15) is 4.79 Å². The lowest BCUT2D eigenvalue weighted by atomic mass is 10.1. The number of hydrogen-bond acceptors (Lipinski definition) is 6. The van der Waals surface area contributed by atoms with Gasteiger partial charge in [-0.15, -0.1) is 0 Å². The van der Waals surface area contributed by atoms with Crippen LogP contribution in [0.15, 0.2) is 55.0 Å². The van der Waals surface area contributed by atoms with Crippen LogP contribution in [0.3, 0.4) is 0 Å². The molecule has 0 bridgehead atoms. The van der Waals surface area contributed by atoms with Crippen LogP contribution in [-0.4, -0.2) is 58.7 Å². The van der Waals surface area contributed by atoms with Gasteiger partial charge in [-0.1, -0.05) is 23.7 Å². The maximum atomic E-state index is 12.6. The lowest BCUT2D eigenvalue weighted by Crippen LogP contribution is -2.48. The molecule has 176 valence electrons. The largest absolute Gasteiger partial charge is 0.496 e. The number of methoxy groups -OCH3 is 1. The van der Waals surface area contributed by atoms with E-state index in [1.807, 2.05) is 36.8 Å². The number of benzene rings is 2. The third-order valence-electron chi connectivity index (χ3n) is 5.84. The van der Waals surface area contributed by atoms with Crippen LogP contribution in [-0.2, 0) is 24.4 Å². The lowest BCUT2D eigenvalue weighted by molar-refractivity contribution is 0.0691. The Kier molecular flexibility index (Phi) is 7.68. The molecule has 1 amide bonds. The molecule has 3 aromatic rings. The molecule has 1 saturated heterocycles. The molecule has 1 aromatic heterocycles. The highest BCUT2D eigenvalue weighted by Crippen LogP contribution is 2.23. The van der Waals surface area contributed by atoms with Crippen molar-refractivity contribution in [2.45, 2.75) is 19.7 Å². The Labute approximate surface area is 203 Å². The summed E-state index contributed by atoms with van der Waals surface area (Å²) in [6.45, 7) is 4.23. The molecule has 2 aromatic carbocycles. The normalized spacial score (nSPS) is 14.0. The third-order valence-corrected chi connectivity index (χ3v) is 6.08. The fourth-order valence-corrected chi connectivity index (χ4v) is 4.11. The number of carbonyl (C=O) groups is 1. The number of rotatable bonds is 7. The summed E-state index contributed by atoms with van der Waals surface area (Å²) in [6.07, 6.45) is 3.36. The monoisotopic (exact) mass is 479 g/mol. The molecule has 0 radical (unpaired) electrons. The van der Waals surface area contributed by atoms with Gasteiger partial charge in [0.05, 0.1) is 30.8 Å². The van der Waals surface area contributed by atoms with E-state index in [2.05, 4.69) is 20.5 Å². The Hall–Kier alpha value is -3.54. The second-order valence-electron chi connectivity index (χ2n) is 8.10. The predicted molar refractivity (Wildman–Crippen MR) is 128 cm³/mol. The topological polar surface area (TPSA) is 83.6 Å². The number of hydrogen-bond donors (Lipinski definition) is 0. The number of nitriles is 1. The molecule has 2 heterocycles. The van der Waals surface area contributed by atoms with Crippen molar-refractivity contribution in [2.75, 3.05) is 33.3 Å². The van der Waals surface area contributed by atoms with Gasteiger partial charge in [0, 0.05) is 56.1 Å². The van der Waals surface area contributed by atoms with Crippen LogP contribution >= 0.6 is 11.6 Å². The Morgan fingerprint density at radius 3 is 2.59 bits per heavy atom. The minimum atomic E-state index is -0.340. The van der Waals surface area contributed by atoms with Crippen LogP contribution < -0.4 is 4.74 Å². The SMILES string of the molecule is COc1ccc(Cl)cc1COC(=O)N1CCN(Cc2cncn2Cc2ccc(C#N)cc2)CC1. The van der Waals surface area contributed by atoms with E-state index < -0.39 is 0 Å². The van der Waals surface area contributed by atoms with Gasteiger partial charge < -0.3 is 18.9 Å². The number of carbonyl (C=O) groups excluding carboxylic acids is 1. The summed E-state index contributed by atoms with van der Waals surface area (Å²) in [5.74, 6) is 0.639. The summed E-state index contributed by atoms with van der Waals surface area (Å²) in [7, 11) is 1.57. The van der Waals surface area contributed by atoms with Crippen molar-refractivity contribution in [3.05, 3.63) is 82.4 Å². The summed E-state index contributed by atoms with van der Waals surface area (Å²) >= 11 is 6.05. The maximum Gasteiger partial charge on any atom is 0.410 e.